The minimum absolute atomic E-state index is 0.354. The zero-order valence-electron chi connectivity index (χ0n) is 28.0. The molecule has 2 aliphatic heterocycles. The van der Waals surface area contributed by atoms with Gasteiger partial charge in [-0.3, -0.25) is 14.5 Å². The maximum Gasteiger partial charge on any atom is 0.329 e. The summed E-state index contributed by atoms with van der Waals surface area (Å²) in [6, 6.07) is 12.6. The molecule has 0 radical (unpaired) electrons. The summed E-state index contributed by atoms with van der Waals surface area (Å²) >= 11 is 0. The monoisotopic (exact) mass is 638 g/mol. The highest BCUT2D eigenvalue weighted by Crippen LogP contribution is 2.32. The lowest BCUT2D eigenvalue weighted by molar-refractivity contribution is -0.164. The zero-order valence-corrected chi connectivity index (χ0v) is 28.0. The molecule has 4 rings (SSSR count). The second kappa shape index (κ2) is 16.8. The molecule has 0 unspecified atom stereocenters. The minimum atomic E-state index is -0.811. The van der Waals surface area contributed by atoms with Gasteiger partial charge in [-0.1, -0.05) is 39.0 Å². The predicted octanol–water partition coefficient (Wildman–Crippen LogP) is 5.02. The number of hydrogen-bond donors (Lipinski definition) is 0. The highest BCUT2D eigenvalue weighted by atomic mass is 16.5. The van der Waals surface area contributed by atoms with E-state index in [1.165, 1.54) is 4.90 Å². The fraction of sp³-hybridized carbons (Fsp3) is 0.583. The van der Waals surface area contributed by atoms with Gasteiger partial charge in [-0.15, -0.1) is 0 Å². The molecular weight excluding hydrogens is 588 g/mol. The number of amides is 1. The molecule has 2 aromatic carbocycles. The summed E-state index contributed by atoms with van der Waals surface area (Å²) in [6.45, 7) is 10.3. The van der Waals surface area contributed by atoms with Gasteiger partial charge in [-0.25, -0.2) is 4.79 Å². The molecule has 0 saturated carbocycles. The molecule has 0 bridgehead atoms. The molecule has 2 saturated heterocycles. The fourth-order valence-electron chi connectivity index (χ4n) is 5.77. The number of likely N-dealkylation sites (tertiary alicyclic amines) is 1. The smallest absolute Gasteiger partial charge is 0.329 e. The van der Waals surface area contributed by atoms with Crippen molar-refractivity contribution in [2.45, 2.75) is 71.4 Å². The Morgan fingerprint density at radius 1 is 0.978 bits per heavy atom. The molecule has 2 heterocycles. The van der Waals surface area contributed by atoms with Crippen molar-refractivity contribution in [3.05, 3.63) is 53.6 Å². The topological polar surface area (TPSA) is 104 Å². The molecule has 0 N–H and O–H groups in total. The van der Waals surface area contributed by atoms with E-state index >= 15 is 0 Å². The third-order valence-corrected chi connectivity index (χ3v) is 9.14. The van der Waals surface area contributed by atoms with Gasteiger partial charge in [0.15, 0.2) is 11.5 Å². The lowest BCUT2D eigenvalue weighted by Gasteiger charge is -2.36. The number of benzene rings is 2. The average Bonchev–Trinajstić information content (AvgIpc) is 3.09. The first kappa shape index (κ1) is 35.2. The van der Waals surface area contributed by atoms with Crippen LogP contribution in [0.1, 0.15) is 70.1 Å². The van der Waals surface area contributed by atoms with Crippen LogP contribution in [0.4, 0.5) is 0 Å². The van der Waals surface area contributed by atoms with Crippen LogP contribution in [0.15, 0.2) is 42.5 Å². The first-order chi connectivity index (χ1) is 22.2. The largest absolute Gasteiger partial charge is 0.493 e. The highest BCUT2D eigenvalue weighted by Gasteiger charge is 2.41. The summed E-state index contributed by atoms with van der Waals surface area (Å²) in [5.41, 5.74) is 1.00. The van der Waals surface area contributed by atoms with Crippen LogP contribution < -0.4 is 14.2 Å². The third kappa shape index (κ3) is 9.22. The van der Waals surface area contributed by atoms with E-state index in [1.807, 2.05) is 49.4 Å². The molecule has 2 fully saturated rings. The van der Waals surface area contributed by atoms with E-state index in [0.29, 0.717) is 56.1 Å². The van der Waals surface area contributed by atoms with Crippen LogP contribution in [-0.4, -0.2) is 93.7 Å². The number of hydrogen-bond acceptors (Lipinski definition) is 9. The van der Waals surface area contributed by atoms with E-state index < -0.39 is 35.2 Å². The molecular formula is C36H50N2O8. The third-order valence-electron chi connectivity index (χ3n) is 9.14. The van der Waals surface area contributed by atoms with Gasteiger partial charge in [0.1, 0.15) is 24.5 Å². The second-order valence-electron chi connectivity index (χ2n) is 12.6. The summed E-state index contributed by atoms with van der Waals surface area (Å²) in [5.74, 6) is 0.387. The van der Waals surface area contributed by atoms with Gasteiger partial charge in [-0.2, -0.15) is 0 Å². The Hall–Kier alpha value is -3.63. The van der Waals surface area contributed by atoms with Crippen LogP contribution in [0, 0.1) is 5.41 Å². The maximum atomic E-state index is 13.9. The number of rotatable bonds is 15. The maximum absolute atomic E-state index is 13.9. The molecule has 2 aliphatic rings. The number of methoxy groups -OCH3 is 2. The van der Waals surface area contributed by atoms with E-state index in [9.17, 15) is 14.4 Å². The Morgan fingerprint density at radius 2 is 1.74 bits per heavy atom. The van der Waals surface area contributed by atoms with Crippen LogP contribution in [0.3, 0.4) is 0 Å². The van der Waals surface area contributed by atoms with Crippen molar-refractivity contribution in [2.75, 3.05) is 60.2 Å². The molecule has 46 heavy (non-hydrogen) atoms. The standard InChI is InChI=1S/C36H50N2O8/c1-6-36(2,3)33(39)34(40)38-17-8-7-12-29(38)35(41)46-30(15-13-26-14-16-31(42-4)32(24-26)43-5)27-10-9-11-28(25-27)45-23-20-37-18-21-44-22-19-37/h9-11,14,16,24-25,29-30H,6-8,12-13,15,17-23H2,1-5H3/t29-,30+/m1/s1. The van der Waals surface area contributed by atoms with Gasteiger partial charge in [0.25, 0.3) is 5.91 Å². The number of morpholine rings is 1. The van der Waals surface area contributed by atoms with Crippen LogP contribution in [0.5, 0.6) is 17.2 Å². The van der Waals surface area contributed by atoms with E-state index in [-0.39, 0.29) is 0 Å². The number of aryl methyl sites for hydroxylation is 1. The number of piperidine rings is 1. The molecule has 2 atom stereocenters. The predicted molar refractivity (Wildman–Crippen MR) is 174 cm³/mol. The number of ketones is 1. The van der Waals surface area contributed by atoms with Crippen LogP contribution in [0.25, 0.3) is 0 Å². The summed E-state index contributed by atoms with van der Waals surface area (Å²) in [7, 11) is 3.19. The molecule has 1 amide bonds. The first-order valence-electron chi connectivity index (χ1n) is 16.5. The normalized spacial score (nSPS) is 18.0. The van der Waals surface area contributed by atoms with Gasteiger partial charge in [0.05, 0.1) is 27.4 Å². The quantitative estimate of drug-likeness (QED) is 0.197. The van der Waals surface area contributed by atoms with E-state index in [1.54, 1.807) is 28.1 Å². The van der Waals surface area contributed by atoms with Crippen molar-refractivity contribution in [2.24, 2.45) is 5.41 Å². The summed E-state index contributed by atoms with van der Waals surface area (Å²) in [5, 5.41) is 0. The van der Waals surface area contributed by atoms with E-state index in [4.69, 9.17) is 23.7 Å². The van der Waals surface area contributed by atoms with Gasteiger partial charge < -0.3 is 28.6 Å². The Labute approximate surface area is 273 Å². The lowest BCUT2D eigenvalue weighted by Crippen LogP contribution is -2.53. The van der Waals surface area contributed by atoms with Crippen molar-refractivity contribution >= 4 is 17.7 Å². The Balaban J connectivity index is 1.53. The number of carbonyl (C=O) groups is 3. The zero-order chi connectivity index (χ0) is 33.1. The highest BCUT2D eigenvalue weighted by molar-refractivity contribution is 6.38. The summed E-state index contributed by atoms with van der Waals surface area (Å²) < 4.78 is 28.7. The van der Waals surface area contributed by atoms with Crippen molar-refractivity contribution in [3.63, 3.8) is 0 Å². The number of Topliss-reactive ketones (excluding diaryl/α,β-unsaturated/α-hetero) is 1. The lowest BCUT2D eigenvalue weighted by atomic mass is 9.84. The molecule has 10 heteroatoms. The molecule has 0 aliphatic carbocycles. The minimum Gasteiger partial charge on any atom is -0.493 e. The van der Waals surface area contributed by atoms with Gasteiger partial charge >= 0.3 is 5.97 Å². The molecule has 0 aromatic heterocycles. The average molecular weight is 639 g/mol. The Morgan fingerprint density at radius 3 is 2.46 bits per heavy atom. The second-order valence-corrected chi connectivity index (χ2v) is 12.6. The van der Waals surface area contributed by atoms with Crippen molar-refractivity contribution in [3.8, 4) is 17.2 Å². The Bertz CT molecular complexity index is 1320. The van der Waals surface area contributed by atoms with Crippen LogP contribution >= 0.6 is 0 Å². The van der Waals surface area contributed by atoms with Crippen molar-refractivity contribution < 1.29 is 38.1 Å². The number of esters is 1. The number of nitrogens with zero attached hydrogens (tertiary/aromatic N) is 2. The van der Waals surface area contributed by atoms with Gasteiger partial charge in [0.2, 0.25) is 5.78 Å². The molecule has 2 aromatic rings. The van der Waals surface area contributed by atoms with Crippen molar-refractivity contribution in [1.82, 2.24) is 9.80 Å². The Kier molecular flexibility index (Phi) is 12.9. The number of ether oxygens (including phenoxy) is 5. The van der Waals surface area contributed by atoms with Crippen LogP contribution in [0.2, 0.25) is 0 Å². The SMILES string of the molecule is CCC(C)(C)C(=O)C(=O)N1CCCC[C@@H]1C(=O)O[C@@H](CCc1ccc(OC)c(OC)c1)c1cccc(OCCN2CCOCC2)c1. The molecule has 10 nitrogen and oxygen atoms in total. The van der Waals surface area contributed by atoms with Crippen LogP contribution in [-0.2, 0) is 30.3 Å². The van der Waals surface area contributed by atoms with E-state index in [2.05, 4.69) is 4.90 Å². The van der Waals surface area contributed by atoms with E-state index in [0.717, 1.165) is 56.8 Å². The van der Waals surface area contributed by atoms with Crippen molar-refractivity contribution in [1.29, 1.82) is 0 Å². The van der Waals surface area contributed by atoms with Gasteiger partial charge in [-0.05, 0) is 73.9 Å². The summed E-state index contributed by atoms with van der Waals surface area (Å²) in [4.78, 5) is 44.1. The molecule has 252 valence electrons. The number of carbonyl (C=O) groups excluding carboxylic acids is 3. The fourth-order valence-corrected chi connectivity index (χ4v) is 5.77. The van der Waals surface area contributed by atoms with Gasteiger partial charge in [0, 0.05) is 31.6 Å². The first-order valence-corrected chi connectivity index (χ1v) is 16.5. The molecule has 0 spiro atoms. The summed E-state index contributed by atoms with van der Waals surface area (Å²) in [6.07, 6.45) is 2.98.